The van der Waals surface area contributed by atoms with Crippen LogP contribution in [0.2, 0.25) is 0 Å². The molecule has 0 spiro atoms. The first-order chi connectivity index (χ1) is 10.2. The van der Waals surface area contributed by atoms with Gasteiger partial charge in [0.25, 0.3) is 0 Å². The first-order valence-corrected chi connectivity index (χ1v) is 8.84. The van der Waals surface area contributed by atoms with Crippen molar-refractivity contribution in [1.82, 2.24) is 10.2 Å². The lowest BCUT2D eigenvalue weighted by Gasteiger charge is -2.20. The van der Waals surface area contributed by atoms with Crippen LogP contribution in [-0.2, 0) is 4.79 Å². The fourth-order valence-corrected chi connectivity index (χ4v) is 2.56. The van der Waals surface area contributed by atoms with E-state index >= 15 is 0 Å². The lowest BCUT2D eigenvalue weighted by molar-refractivity contribution is -0.139. The molecule has 1 unspecified atom stereocenters. The van der Waals surface area contributed by atoms with Crippen LogP contribution in [0.15, 0.2) is 0 Å². The van der Waals surface area contributed by atoms with Crippen molar-refractivity contribution in [3.05, 3.63) is 0 Å². The summed E-state index contributed by atoms with van der Waals surface area (Å²) in [6.45, 7) is 10.2. The second-order valence-electron chi connectivity index (χ2n) is 5.78. The summed E-state index contributed by atoms with van der Waals surface area (Å²) in [6.07, 6.45) is 9.38. The fraction of sp³-hybridized carbons (Fsp3) is 0.941. The van der Waals surface area contributed by atoms with E-state index in [9.17, 15) is 9.90 Å². The largest absolute Gasteiger partial charge is 0.480 e. The molecular formula is C17H36N2O2. The molecule has 0 saturated heterocycles. The molecule has 0 fully saturated rings. The third kappa shape index (κ3) is 11.7. The number of rotatable bonds is 15. The van der Waals surface area contributed by atoms with Crippen LogP contribution in [0.5, 0.6) is 0 Å². The van der Waals surface area contributed by atoms with Gasteiger partial charge < -0.3 is 15.3 Å². The van der Waals surface area contributed by atoms with Gasteiger partial charge in [-0.3, -0.25) is 4.79 Å². The van der Waals surface area contributed by atoms with Crippen molar-refractivity contribution < 1.29 is 9.90 Å². The fourth-order valence-electron chi connectivity index (χ4n) is 2.56. The number of carboxylic acids is 1. The van der Waals surface area contributed by atoms with Gasteiger partial charge in [-0.2, -0.15) is 0 Å². The average Bonchev–Trinajstić information content (AvgIpc) is 2.48. The van der Waals surface area contributed by atoms with Crippen molar-refractivity contribution >= 4 is 5.97 Å². The molecule has 0 aromatic heterocycles. The Kier molecular flexibility index (Phi) is 13.9. The van der Waals surface area contributed by atoms with E-state index in [0.717, 1.165) is 45.4 Å². The minimum atomic E-state index is -0.708. The van der Waals surface area contributed by atoms with E-state index in [4.69, 9.17) is 0 Å². The van der Waals surface area contributed by atoms with E-state index < -0.39 is 5.97 Å². The zero-order valence-corrected chi connectivity index (χ0v) is 14.4. The van der Waals surface area contributed by atoms with Crippen molar-refractivity contribution in [2.45, 2.75) is 78.2 Å². The van der Waals surface area contributed by atoms with Gasteiger partial charge in [0.05, 0.1) is 0 Å². The lowest BCUT2D eigenvalue weighted by Crippen LogP contribution is -2.41. The molecule has 1 atom stereocenters. The zero-order chi connectivity index (χ0) is 15.9. The molecule has 0 amide bonds. The van der Waals surface area contributed by atoms with Gasteiger partial charge in [-0.25, -0.2) is 0 Å². The molecule has 126 valence electrons. The van der Waals surface area contributed by atoms with E-state index in [1.807, 2.05) is 0 Å². The second kappa shape index (κ2) is 14.3. The van der Waals surface area contributed by atoms with Crippen LogP contribution >= 0.6 is 0 Å². The molecule has 0 aliphatic heterocycles. The highest BCUT2D eigenvalue weighted by molar-refractivity contribution is 5.73. The third-order valence-corrected chi connectivity index (χ3v) is 4.11. The Bertz CT molecular complexity index is 243. The van der Waals surface area contributed by atoms with E-state index in [-0.39, 0.29) is 6.04 Å². The summed E-state index contributed by atoms with van der Waals surface area (Å²) in [5, 5.41) is 12.4. The molecular weight excluding hydrogens is 264 g/mol. The quantitative estimate of drug-likeness (QED) is 0.454. The van der Waals surface area contributed by atoms with Crippen LogP contribution in [0.4, 0.5) is 0 Å². The Morgan fingerprint density at radius 1 is 1.00 bits per heavy atom. The zero-order valence-electron chi connectivity index (χ0n) is 14.4. The van der Waals surface area contributed by atoms with Crippen molar-refractivity contribution in [3.63, 3.8) is 0 Å². The van der Waals surface area contributed by atoms with Crippen LogP contribution in [0.25, 0.3) is 0 Å². The van der Waals surface area contributed by atoms with E-state index in [1.54, 1.807) is 0 Å². The Hall–Kier alpha value is -0.610. The molecule has 0 radical (unpaired) electrons. The van der Waals surface area contributed by atoms with Crippen LogP contribution < -0.4 is 5.32 Å². The van der Waals surface area contributed by atoms with Gasteiger partial charge in [-0.15, -0.1) is 0 Å². The number of hydrogen-bond donors (Lipinski definition) is 2. The summed E-state index contributed by atoms with van der Waals surface area (Å²) >= 11 is 0. The summed E-state index contributed by atoms with van der Waals surface area (Å²) in [4.78, 5) is 13.5. The van der Waals surface area contributed by atoms with Crippen molar-refractivity contribution in [3.8, 4) is 0 Å². The highest BCUT2D eigenvalue weighted by Crippen LogP contribution is 2.10. The SMILES string of the molecule is CCCCCCCCCC(NCCN(CC)CC)C(=O)O. The highest BCUT2D eigenvalue weighted by Gasteiger charge is 2.15. The molecule has 4 nitrogen and oxygen atoms in total. The summed E-state index contributed by atoms with van der Waals surface area (Å²) in [5.41, 5.74) is 0. The Balaban J connectivity index is 3.70. The van der Waals surface area contributed by atoms with Gasteiger partial charge in [-0.05, 0) is 19.5 Å². The Morgan fingerprint density at radius 2 is 1.57 bits per heavy atom. The number of unbranched alkanes of at least 4 members (excludes halogenated alkanes) is 6. The lowest BCUT2D eigenvalue weighted by atomic mass is 10.1. The highest BCUT2D eigenvalue weighted by atomic mass is 16.4. The molecule has 0 aliphatic carbocycles. The van der Waals surface area contributed by atoms with Gasteiger partial charge >= 0.3 is 5.97 Å². The molecule has 0 bridgehead atoms. The summed E-state index contributed by atoms with van der Waals surface area (Å²) in [6, 6.07) is -0.379. The summed E-state index contributed by atoms with van der Waals surface area (Å²) in [5.74, 6) is -0.708. The number of likely N-dealkylation sites (N-methyl/N-ethyl adjacent to an activating group) is 1. The Labute approximate surface area is 131 Å². The molecule has 21 heavy (non-hydrogen) atoms. The van der Waals surface area contributed by atoms with Gasteiger partial charge in [0.15, 0.2) is 0 Å². The topological polar surface area (TPSA) is 52.6 Å². The standard InChI is InChI=1S/C17H36N2O2/c1-4-7-8-9-10-11-12-13-16(17(20)21)18-14-15-19(5-2)6-3/h16,18H,4-15H2,1-3H3,(H,20,21). The molecule has 0 aromatic rings. The van der Waals surface area contributed by atoms with Crippen molar-refractivity contribution in [2.24, 2.45) is 0 Å². The monoisotopic (exact) mass is 300 g/mol. The maximum absolute atomic E-state index is 11.2. The maximum atomic E-state index is 11.2. The molecule has 0 aromatic carbocycles. The molecule has 0 rings (SSSR count). The average molecular weight is 300 g/mol. The molecule has 0 saturated carbocycles. The number of aliphatic carboxylic acids is 1. The van der Waals surface area contributed by atoms with Gasteiger partial charge in [0, 0.05) is 13.1 Å². The predicted molar refractivity (Wildman–Crippen MR) is 89.8 cm³/mol. The van der Waals surface area contributed by atoms with E-state index in [0.29, 0.717) is 0 Å². The van der Waals surface area contributed by atoms with E-state index in [1.165, 1.54) is 32.1 Å². The molecule has 2 N–H and O–H groups in total. The minimum absolute atomic E-state index is 0.379. The van der Waals surface area contributed by atoms with Crippen LogP contribution in [-0.4, -0.2) is 48.2 Å². The normalized spacial score (nSPS) is 12.8. The van der Waals surface area contributed by atoms with Gasteiger partial charge in [-0.1, -0.05) is 65.7 Å². The smallest absolute Gasteiger partial charge is 0.320 e. The number of hydrogen-bond acceptors (Lipinski definition) is 3. The molecule has 4 heteroatoms. The number of nitrogens with one attached hydrogen (secondary N) is 1. The second-order valence-corrected chi connectivity index (χ2v) is 5.78. The Morgan fingerprint density at radius 3 is 2.10 bits per heavy atom. The van der Waals surface area contributed by atoms with Crippen LogP contribution in [0.1, 0.15) is 72.1 Å². The predicted octanol–water partition coefficient (Wildman–Crippen LogP) is 3.51. The third-order valence-electron chi connectivity index (χ3n) is 4.11. The maximum Gasteiger partial charge on any atom is 0.320 e. The number of carboxylic acid groups (broad SMARTS) is 1. The van der Waals surface area contributed by atoms with E-state index in [2.05, 4.69) is 31.0 Å². The molecule has 0 heterocycles. The minimum Gasteiger partial charge on any atom is -0.480 e. The van der Waals surface area contributed by atoms with Crippen molar-refractivity contribution in [2.75, 3.05) is 26.2 Å². The van der Waals surface area contributed by atoms with Crippen LogP contribution in [0.3, 0.4) is 0 Å². The summed E-state index contributed by atoms with van der Waals surface area (Å²) in [7, 11) is 0. The summed E-state index contributed by atoms with van der Waals surface area (Å²) < 4.78 is 0. The first kappa shape index (κ1) is 20.4. The number of carbonyl (C=O) groups is 1. The van der Waals surface area contributed by atoms with Gasteiger partial charge in [0.1, 0.15) is 6.04 Å². The number of nitrogens with zero attached hydrogens (tertiary/aromatic N) is 1. The molecule has 0 aliphatic rings. The van der Waals surface area contributed by atoms with Crippen molar-refractivity contribution in [1.29, 1.82) is 0 Å². The van der Waals surface area contributed by atoms with Crippen LogP contribution in [0, 0.1) is 0 Å². The van der Waals surface area contributed by atoms with Gasteiger partial charge in [0.2, 0.25) is 0 Å². The first-order valence-electron chi connectivity index (χ1n) is 8.84.